The number of fused-ring (bicyclic) bond motifs is 1. The lowest BCUT2D eigenvalue weighted by atomic mass is 9.94. The van der Waals surface area contributed by atoms with Crippen molar-refractivity contribution in [2.75, 3.05) is 25.0 Å². The molecule has 5 rings (SSSR count). The smallest absolute Gasteiger partial charge is 0.250 e. The van der Waals surface area contributed by atoms with E-state index in [1.807, 2.05) is 6.20 Å². The summed E-state index contributed by atoms with van der Waals surface area (Å²) in [4.78, 5) is 19.6. The second-order valence-electron chi connectivity index (χ2n) is 9.54. The molecule has 180 valence electrons. The van der Waals surface area contributed by atoms with Gasteiger partial charge in [0.15, 0.2) is 0 Å². The second kappa shape index (κ2) is 9.96. The molecule has 1 saturated heterocycles. The van der Waals surface area contributed by atoms with Gasteiger partial charge >= 0.3 is 0 Å². The number of benzene rings is 2. The third kappa shape index (κ3) is 5.10. The molecule has 1 aliphatic heterocycles. The fraction of sp³-hybridized carbons (Fsp3) is 0.357. The molecule has 0 amide bonds. The highest BCUT2D eigenvalue weighted by atomic mass is 16.1. The van der Waals surface area contributed by atoms with Crippen LogP contribution in [0.1, 0.15) is 36.0 Å². The van der Waals surface area contributed by atoms with Crippen molar-refractivity contribution in [2.24, 2.45) is 0 Å². The Balaban J connectivity index is 1.36. The number of nitrogens with zero attached hydrogens (tertiary/aromatic N) is 5. The van der Waals surface area contributed by atoms with Gasteiger partial charge in [0, 0.05) is 18.8 Å². The topological polar surface area (TPSA) is 75.9 Å². The zero-order chi connectivity index (χ0) is 24.4. The first kappa shape index (κ1) is 23.2. The second-order valence-corrected chi connectivity index (χ2v) is 9.54. The van der Waals surface area contributed by atoms with Crippen molar-refractivity contribution >= 4 is 22.7 Å². The van der Waals surface area contributed by atoms with E-state index in [4.69, 9.17) is 4.98 Å². The summed E-state index contributed by atoms with van der Waals surface area (Å²) in [6.07, 6.45) is 5.37. The molecule has 7 heteroatoms. The van der Waals surface area contributed by atoms with Crippen molar-refractivity contribution in [1.82, 2.24) is 24.6 Å². The number of likely N-dealkylation sites (tertiary alicyclic amines) is 1. The van der Waals surface area contributed by atoms with Gasteiger partial charge in [-0.1, -0.05) is 18.2 Å². The van der Waals surface area contributed by atoms with Gasteiger partial charge < -0.3 is 14.8 Å². The van der Waals surface area contributed by atoms with Gasteiger partial charge in [-0.2, -0.15) is 0 Å². The molecule has 0 saturated carbocycles. The SMILES string of the molecule is Cc1cccc(C)c1-c1cc(C)c2nc(Nc3ccc(=O)n(CCCN4CCCC4)c3)nnc2c1. The van der Waals surface area contributed by atoms with Crippen LogP contribution < -0.4 is 10.9 Å². The van der Waals surface area contributed by atoms with Crippen LogP contribution in [-0.2, 0) is 6.54 Å². The van der Waals surface area contributed by atoms with Gasteiger partial charge in [-0.3, -0.25) is 4.79 Å². The molecular weight excluding hydrogens is 436 g/mol. The lowest BCUT2D eigenvalue weighted by Gasteiger charge is -2.15. The van der Waals surface area contributed by atoms with Crippen LogP contribution in [0.4, 0.5) is 11.6 Å². The Morgan fingerprint density at radius 2 is 1.69 bits per heavy atom. The van der Waals surface area contributed by atoms with E-state index in [-0.39, 0.29) is 5.56 Å². The van der Waals surface area contributed by atoms with Gasteiger partial charge in [-0.05, 0) is 106 Å². The molecule has 2 aromatic carbocycles. The summed E-state index contributed by atoms with van der Waals surface area (Å²) in [7, 11) is 0. The molecule has 1 fully saturated rings. The predicted molar refractivity (Wildman–Crippen MR) is 141 cm³/mol. The minimum Gasteiger partial charge on any atom is -0.322 e. The molecule has 0 aliphatic carbocycles. The van der Waals surface area contributed by atoms with Crippen LogP contribution in [0, 0.1) is 20.8 Å². The Morgan fingerprint density at radius 1 is 0.914 bits per heavy atom. The Morgan fingerprint density at radius 3 is 2.46 bits per heavy atom. The van der Waals surface area contributed by atoms with E-state index < -0.39 is 0 Å². The zero-order valence-electron chi connectivity index (χ0n) is 20.7. The molecule has 35 heavy (non-hydrogen) atoms. The summed E-state index contributed by atoms with van der Waals surface area (Å²) in [5.74, 6) is 0.419. The number of hydrogen-bond donors (Lipinski definition) is 1. The number of aromatic nitrogens is 4. The molecule has 4 aromatic rings. The number of hydrogen-bond acceptors (Lipinski definition) is 6. The molecule has 0 bridgehead atoms. The van der Waals surface area contributed by atoms with Gasteiger partial charge in [0.1, 0.15) is 5.52 Å². The fourth-order valence-corrected chi connectivity index (χ4v) is 5.06. The first-order valence-electron chi connectivity index (χ1n) is 12.4. The summed E-state index contributed by atoms with van der Waals surface area (Å²) in [5, 5.41) is 12.0. The number of rotatable bonds is 7. The van der Waals surface area contributed by atoms with Crippen LogP contribution in [0.3, 0.4) is 0 Å². The van der Waals surface area contributed by atoms with Crippen LogP contribution in [-0.4, -0.2) is 44.3 Å². The lowest BCUT2D eigenvalue weighted by Crippen LogP contribution is -2.24. The van der Waals surface area contributed by atoms with Crippen LogP contribution in [0.25, 0.3) is 22.2 Å². The van der Waals surface area contributed by atoms with Gasteiger partial charge in [-0.15, -0.1) is 10.2 Å². The highest BCUT2D eigenvalue weighted by Crippen LogP contribution is 2.31. The highest BCUT2D eigenvalue weighted by Gasteiger charge is 2.13. The van der Waals surface area contributed by atoms with Gasteiger partial charge in [0.25, 0.3) is 5.56 Å². The first-order chi connectivity index (χ1) is 17.0. The van der Waals surface area contributed by atoms with E-state index in [9.17, 15) is 4.79 Å². The monoisotopic (exact) mass is 468 g/mol. The van der Waals surface area contributed by atoms with Gasteiger partial charge in [-0.25, -0.2) is 4.98 Å². The van der Waals surface area contributed by atoms with Crippen molar-refractivity contribution in [2.45, 2.75) is 46.6 Å². The third-order valence-corrected chi connectivity index (χ3v) is 6.83. The Kier molecular flexibility index (Phi) is 6.59. The van der Waals surface area contributed by atoms with Gasteiger partial charge in [0.2, 0.25) is 5.95 Å². The van der Waals surface area contributed by atoms with Crippen molar-refractivity contribution in [1.29, 1.82) is 0 Å². The summed E-state index contributed by atoms with van der Waals surface area (Å²) >= 11 is 0. The minimum atomic E-state index is 0.00407. The number of aryl methyl sites for hydroxylation is 4. The number of pyridine rings is 1. The standard InChI is InChI=1S/C28H32N6O/c1-19-8-6-9-20(2)26(19)22-16-21(3)27-24(17-22)31-32-28(30-27)29-23-10-11-25(35)34(18-23)15-7-14-33-12-4-5-13-33/h6,8-11,16-18H,4-5,7,12-15H2,1-3H3,(H,29,30,32). The molecule has 0 unspecified atom stereocenters. The lowest BCUT2D eigenvalue weighted by molar-refractivity contribution is 0.324. The maximum atomic E-state index is 12.3. The van der Waals surface area contributed by atoms with Crippen molar-refractivity contribution < 1.29 is 0 Å². The van der Waals surface area contributed by atoms with E-state index >= 15 is 0 Å². The number of anilines is 2. The molecule has 0 spiro atoms. The van der Waals surface area contributed by atoms with Crippen molar-refractivity contribution in [3.05, 3.63) is 75.7 Å². The average Bonchev–Trinajstić information content (AvgIpc) is 3.35. The third-order valence-electron chi connectivity index (χ3n) is 6.83. The Labute approximate surface area is 205 Å². The Hall–Kier alpha value is -3.58. The molecule has 1 aliphatic rings. The quantitative estimate of drug-likeness (QED) is 0.411. The van der Waals surface area contributed by atoms with Crippen LogP contribution in [0.2, 0.25) is 0 Å². The van der Waals surface area contributed by atoms with Gasteiger partial charge in [0.05, 0.1) is 11.2 Å². The van der Waals surface area contributed by atoms with E-state index in [0.717, 1.165) is 40.8 Å². The van der Waals surface area contributed by atoms with Crippen molar-refractivity contribution in [3.8, 4) is 11.1 Å². The van der Waals surface area contributed by atoms with E-state index in [1.54, 1.807) is 16.7 Å². The highest BCUT2D eigenvalue weighted by molar-refractivity contribution is 5.86. The molecule has 7 nitrogen and oxygen atoms in total. The molecular formula is C28H32N6O. The summed E-state index contributed by atoms with van der Waals surface area (Å²) < 4.78 is 1.76. The van der Waals surface area contributed by atoms with Crippen LogP contribution >= 0.6 is 0 Å². The largest absolute Gasteiger partial charge is 0.322 e. The van der Waals surface area contributed by atoms with Crippen LogP contribution in [0.15, 0.2) is 53.5 Å². The molecule has 3 heterocycles. The zero-order valence-corrected chi connectivity index (χ0v) is 20.7. The summed E-state index contributed by atoms with van der Waals surface area (Å²) in [5.41, 5.74) is 8.23. The molecule has 1 N–H and O–H groups in total. The van der Waals surface area contributed by atoms with E-state index in [0.29, 0.717) is 12.5 Å². The van der Waals surface area contributed by atoms with E-state index in [2.05, 4.69) is 71.5 Å². The van der Waals surface area contributed by atoms with Crippen LogP contribution in [0.5, 0.6) is 0 Å². The molecule has 2 aromatic heterocycles. The molecule has 0 atom stereocenters. The van der Waals surface area contributed by atoms with E-state index in [1.165, 1.54) is 42.6 Å². The predicted octanol–water partition coefficient (Wildman–Crippen LogP) is 5.01. The minimum absolute atomic E-state index is 0.00407. The maximum absolute atomic E-state index is 12.3. The average molecular weight is 469 g/mol. The summed E-state index contributed by atoms with van der Waals surface area (Å²) in [6.45, 7) is 10.4. The molecule has 0 radical (unpaired) electrons. The normalized spacial score (nSPS) is 14.0. The first-order valence-corrected chi connectivity index (χ1v) is 12.4. The number of nitrogens with one attached hydrogen (secondary N) is 1. The fourth-order valence-electron chi connectivity index (χ4n) is 5.06. The van der Waals surface area contributed by atoms with Crippen molar-refractivity contribution in [3.63, 3.8) is 0 Å². The summed E-state index contributed by atoms with van der Waals surface area (Å²) in [6, 6.07) is 13.9. The Bertz CT molecular complexity index is 1400. The maximum Gasteiger partial charge on any atom is 0.250 e.